The van der Waals surface area contributed by atoms with E-state index in [1.165, 1.54) is 193 Å². The first-order valence-corrected chi connectivity index (χ1v) is 23.4. The van der Waals surface area contributed by atoms with Crippen LogP contribution in [0, 0.1) is 0 Å². The quantitative estimate of drug-likeness (QED) is 0.0482. The smallest absolute Gasteiger partial charge is 0.374 e. The van der Waals surface area contributed by atoms with E-state index in [0.29, 0.717) is 13.2 Å². The Morgan fingerprint density at radius 2 is 0.609 bits per heavy atom. The molecule has 0 aromatic heterocycles. The lowest BCUT2D eigenvalue weighted by atomic mass is 9.91. The van der Waals surface area contributed by atoms with Crippen molar-refractivity contribution in [1.29, 1.82) is 0 Å². The van der Waals surface area contributed by atoms with Gasteiger partial charge in [0.1, 0.15) is 0 Å². The minimum atomic E-state index is -2.72. The molecular weight excluding hydrogens is 581 g/mol. The third-order valence-corrected chi connectivity index (χ3v) is 13.3. The molecule has 0 amide bonds. The van der Waals surface area contributed by atoms with Crippen molar-refractivity contribution in [3.8, 4) is 0 Å². The highest BCUT2D eigenvalue weighted by atomic mass is 28.4. The van der Waals surface area contributed by atoms with Crippen molar-refractivity contribution in [2.75, 3.05) is 13.2 Å². The fraction of sp³-hybridized carbons (Fsp3) is 1.00. The highest BCUT2D eigenvalue weighted by Crippen LogP contribution is 2.34. The third-order valence-electron chi connectivity index (χ3n) is 10.1. The predicted octanol–water partition coefficient (Wildman–Crippen LogP) is 15.3. The van der Waals surface area contributed by atoms with Crippen molar-refractivity contribution < 1.29 is 13.3 Å². The van der Waals surface area contributed by atoms with Crippen LogP contribution >= 0.6 is 0 Å². The molecule has 0 rings (SSSR count). The first kappa shape index (κ1) is 46.1. The summed E-state index contributed by atoms with van der Waals surface area (Å²) in [5.74, 6) is 0. The van der Waals surface area contributed by atoms with Crippen LogP contribution in [0.2, 0.25) is 6.04 Å². The van der Waals surface area contributed by atoms with Gasteiger partial charge in [0.25, 0.3) is 0 Å². The van der Waals surface area contributed by atoms with Gasteiger partial charge in [-0.1, -0.05) is 207 Å². The van der Waals surface area contributed by atoms with Crippen LogP contribution in [0.1, 0.15) is 247 Å². The van der Waals surface area contributed by atoms with Crippen LogP contribution in [0.25, 0.3) is 0 Å². The molecule has 0 radical (unpaired) electrons. The Morgan fingerprint density at radius 1 is 0.348 bits per heavy atom. The maximum Gasteiger partial charge on any atom is 0.501 e. The monoisotopic (exact) mass is 669 g/mol. The molecule has 0 saturated carbocycles. The molecule has 0 aliphatic carbocycles. The van der Waals surface area contributed by atoms with E-state index in [1.807, 2.05) is 0 Å². The van der Waals surface area contributed by atoms with Crippen molar-refractivity contribution in [2.24, 2.45) is 0 Å². The second kappa shape index (κ2) is 34.9. The second-order valence-corrected chi connectivity index (χ2v) is 17.5. The average molecular weight is 669 g/mol. The summed E-state index contributed by atoms with van der Waals surface area (Å²) >= 11 is 0. The molecule has 0 aliphatic heterocycles. The van der Waals surface area contributed by atoms with Gasteiger partial charge in [-0.2, -0.15) is 0 Å². The normalized spacial score (nSPS) is 12.4. The molecule has 0 unspecified atom stereocenters. The van der Waals surface area contributed by atoms with E-state index in [9.17, 15) is 0 Å². The standard InChI is InChI=1S/C42H88O3Si/c1-7-12-15-18-21-24-27-30-33-36-39-42(6,40-37-34-31-28-25-22-19-16-13-8-2)45-46(43-10-4,44-11-5)41-38-35-32-29-26-23-20-17-14-9-3/h7-41H2,1-6H3. The zero-order valence-corrected chi connectivity index (χ0v) is 34.0. The summed E-state index contributed by atoms with van der Waals surface area (Å²) in [5.41, 5.74) is -0.130. The van der Waals surface area contributed by atoms with Crippen LogP contribution in [-0.4, -0.2) is 27.6 Å². The van der Waals surface area contributed by atoms with Gasteiger partial charge in [0.2, 0.25) is 0 Å². The maximum absolute atomic E-state index is 7.25. The molecule has 0 aliphatic rings. The zero-order valence-electron chi connectivity index (χ0n) is 33.0. The van der Waals surface area contributed by atoms with E-state index in [4.69, 9.17) is 13.3 Å². The van der Waals surface area contributed by atoms with E-state index in [1.54, 1.807) is 0 Å². The van der Waals surface area contributed by atoms with Crippen LogP contribution < -0.4 is 0 Å². The first-order valence-electron chi connectivity index (χ1n) is 21.5. The molecule has 0 heterocycles. The highest BCUT2D eigenvalue weighted by Gasteiger charge is 2.46. The maximum atomic E-state index is 7.25. The van der Waals surface area contributed by atoms with Gasteiger partial charge >= 0.3 is 8.80 Å². The SMILES string of the molecule is CCCCCCCCCCCCC(C)(CCCCCCCCCCCC)O[Si](CCCCCCCCCCCC)(OCC)OCC. The van der Waals surface area contributed by atoms with E-state index < -0.39 is 8.80 Å². The summed E-state index contributed by atoms with van der Waals surface area (Å²) in [6, 6.07) is 0.983. The molecule has 3 nitrogen and oxygen atoms in total. The Kier molecular flexibility index (Phi) is 35.0. The zero-order chi connectivity index (χ0) is 33.9. The Hall–Kier alpha value is 0.0969. The molecule has 0 bridgehead atoms. The molecule has 278 valence electrons. The molecule has 0 aromatic carbocycles. The summed E-state index contributed by atoms with van der Waals surface area (Å²) in [6.07, 6.45) is 43.5. The fourth-order valence-electron chi connectivity index (χ4n) is 7.14. The summed E-state index contributed by atoms with van der Waals surface area (Å²) in [5, 5.41) is 0. The Morgan fingerprint density at radius 3 is 0.891 bits per heavy atom. The van der Waals surface area contributed by atoms with E-state index in [0.717, 1.165) is 18.9 Å². The van der Waals surface area contributed by atoms with Gasteiger partial charge in [-0.05, 0) is 40.0 Å². The van der Waals surface area contributed by atoms with Crippen molar-refractivity contribution in [3.63, 3.8) is 0 Å². The lowest BCUT2D eigenvalue weighted by molar-refractivity contribution is -0.0321. The van der Waals surface area contributed by atoms with Crippen LogP contribution in [0.4, 0.5) is 0 Å². The van der Waals surface area contributed by atoms with Gasteiger partial charge in [-0.25, -0.2) is 0 Å². The van der Waals surface area contributed by atoms with Crippen LogP contribution in [0.3, 0.4) is 0 Å². The number of hydrogen-bond acceptors (Lipinski definition) is 3. The Labute approximate surface area is 293 Å². The molecule has 4 heteroatoms. The summed E-state index contributed by atoms with van der Waals surface area (Å²) < 4.78 is 20.3. The molecule has 0 atom stereocenters. The van der Waals surface area contributed by atoms with E-state index in [2.05, 4.69) is 41.5 Å². The summed E-state index contributed by atoms with van der Waals surface area (Å²) in [7, 11) is -2.72. The topological polar surface area (TPSA) is 27.7 Å². The molecule has 0 spiro atoms. The number of rotatable bonds is 39. The minimum absolute atomic E-state index is 0.130. The van der Waals surface area contributed by atoms with Crippen molar-refractivity contribution in [3.05, 3.63) is 0 Å². The van der Waals surface area contributed by atoms with Crippen molar-refractivity contribution in [2.45, 2.75) is 259 Å². The van der Waals surface area contributed by atoms with Crippen LogP contribution in [0.15, 0.2) is 0 Å². The highest BCUT2D eigenvalue weighted by molar-refractivity contribution is 6.60. The van der Waals surface area contributed by atoms with Gasteiger partial charge in [0.15, 0.2) is 0 Å². The molecular formula is C42H88O3Si. The molecule has 0 fully saturated rings. The first-order chi connectivity index (χ1) is 22.5. The van der Waals surface area contributed by atoms with Gasteiger partial charge in [0.05, 0.1) is 5.60 Å². The van der Waals surface area contributed by atoms with Gasteiger partial charge in [-0.15, -0.1) is 0 Å². The number of unbranched alkanes of at least 4 members (excludes halogenated alkanes) is 27. The van der Waals surface area contributed by atoms with Crippen molar-refractivity contribution in [1.82, 2.24) is 0 Å². The van der Waals surface area contributed by atoms with Gasteiger partial charge in [-0.3, -0.25) is 0 Å². The van der Waals surface area contributed by atoms with E-state index in [-0.39, 0.29) is 5.60 Å². The summed E-state index contributed by atoms with van der Waals surface area (Å²) in [4.78, 5) is 0. The molecule has 0 aromatic rings. The fourth-order valence-corrected chi connectivity index (χ4v) is 10.2. The van der Waals surface area contributed by atoms with E-state index >= 15 is 0 Å². The van der Waals surface area contributed by atoms with Gasteiger partial charge in [0, 0.05) is 19.3 Å². The van der Waals surface area contributed by atoms with Crippen LogP contribution in [0.5, 0.6) is 0 Å². The molecule has 0 N–H and O–H groups in total. The second-order valence-electron chi connectivity index (χ2n) is 14.9. The number of hydrogen-bond donors (Lipinski definition) is 0. The lowest BCUT2D eigenvalue weighted by Crippen LogP contribution is -2.52. The Bertz CT molecular complexity index is 553. The molecule has 0 saturated heterocycles. The average Bonchev–Trinajstić information content (AvgIpc) is 3.04. The van der Waals surface area contributed by atoms with Crippen LogP contribution in [-0.2, 0) is 13.3 Å². The van der Waals surface area contributed by atoms with Gasteiger partial charge < -0.3 is 13.3 Å². The minimum Gasteiger partial charge on any atom is -0.374 e. The summed E-state index contributed by atoms with van der Waals surface area (Å²) in [6.45, 7) is 15.0. The third kappa shape index (κ3) is 29.1. The molecule has 46 heavy (non-hydrogen) atoms. The van der Waals surface area contributed by atoms with Crippen molar-refractivity contribution >= 4 is 8.80 Å². The predicted molar refractivity (Wildman–Crippen MR) is 208 cm³/mol. The lowest BCUT2D eigenvalue weighted by Gasteiger charge is -2.40. The Balaban J connectivity index is 4.92. The largest absolute Gasteiger partial charge is 0.501 e.